The predicted molar refractivity (Wildman–Crippen MR) is 76.9 cm³/mol. The van der Waals surface area contributed by atoms with E-state index in [-0.39, 0.29) is 29.7 Å². The summed E-state index contributed by atoms with van der Waals surface area (Å²) < 4.78 is 4.69. The Morgan fingerprint density at radius 2 is 1.95 bits per heavy atom. The molecule has 1 aromatic rings. The van der Waals surface area contributed by atoms with Gasteiger partial charge in [0.25, 0.3) is 0 Å². The van der Waals surface area contributed by atoms with Gasteiger partial charge in [0.1, 0.15) is 6.04 Å². The maximum Gasteiger partial charge on any atom is 0.328 e. The van der Waals surface area contributed by atoms with Crippen LogP contribution in [0, 0.1) is 5.92 Å². The van der Waals surface area contributed by atoms with Crippen LogP contribution < -0.4 is 5.32 Å². The normalized spacial score (nSPS) is 13.3. The number of carbonyl (C=O) groups is 2. The Labute approximate surface area is 123 Å². The topological polar surface area (TPSA) is 95.9 Å². The second-order valence-electron chi connectivity index (χ2n) is 4.92. The van der Waals surface area contributed by atoms with Crippen molar-refractivity contribution in [1.29, 1.82) is 0 Å². The third-order valence-corrected chi connectivity index (χ3v) is 3.34. The van der Waals surface area contributed by atoms with Crippen LogP contribution in [0.5, 0.6) is 11.5 Å². The summed E-state index contributed by atoms with van der Waals surface area (Å²) in [7, 11) is 1.25. The van der Waals surface area contributed by atoms with Gasteiger partial charge < -0.3 is 20.3 Å². The molecular formula is C15H21NO5. The van der Waals surface area contributed by atoms with Gasteiger partial charge in [-0.05, 0) is 24.1 Å². The molecule has 2 atom stereocenters. The van der Waals surface area contributed by atoms with Gasteiger partial charge in [-0.25, -0.2) is 4.79 Å². The summed E-state index contributed by atoms with van der Waals surface area (Å²) >= 11 is 0. The quantitative estimate of drug-likeness (QED) is 0.544. The van der Waals surface area contributed by atoms with Crippen LogP contribution >= 0.6 is 0 Å². The average molecular weight is 295 g/mol. The fourth-order valence-corrected chi connectivity index (χ4v) is 1.77. The molecule has 3 N–H and O–H groups in total. The molecule has 0 radical (unpaired) electrons. The van der Waals surface area contributed by atoms with Crippen LogP contribution in [0.25, 0.3) is 0 Å². The molecule has 1 rings (SSSR count). The van der Waals surface area contributed by atoms with Crippen LogP contribution in [0.2, 0.25) is 0 Å². The zero-order valence-electron chi connectivity index (χ0n) is 12.4. The highest BCUT2D eigenvalue weighted by Crippen LogP contribution is 2.25. The first-order valence-corrected chi connectivity index (χ1v) is 6.78. The van der Waals surface area contributed by atoms with E-state index in [1.54, 1.807) is 13.0 Å². The van der Waals surface area contributed by atoms with Crippen LogP contribution in [-0.2, 0) is 20.7 Å². The largest absolute Gasteiger partial charge is 0.504 e. The Balaban J connectivity index is 2.85. The van der Waals surface area contributed by atoms with Crippen LogP contribution in [0.3, 0.4) is 0 Å². The summed E-state index contributed by atoms with van der Waals surface area (Å²) in [6, 6.07) is 3.41. The number of hydrogen-bond donors (Lipinski definition) is 3. The van der Waals surface area contributed by atoms with Crippen molar-refractivity contribution in [3.63, 3.8) is 0 Å². The van der Waals surface area contributed by atoms with E-state index in [1.807, 2.05) is 6.92 Å². The minimum Gasteiger partial charge on any atom is -0.504 e. The molecule has 116 valence electrons. The lowest BCUT2D eigenvalue weighted by Crippen LogP contribution is -2.45. The second-order valence-corrected chi connectivity index (χ2v) is 4.92. The van der Waals surface area contributed by atoms with Gasteiger partial charge in [0, 0.05) is 12.3 Å². The molecule has 0 bridgehead atoms. The lowest BCUT2D eigenvalue weighted by molar-refractivity contribution is -0.145. The van der Waals surface area contributed by atoms with E-state index in [9.17, 15) is 19.8 Å². The standard InChI is InChI=1S/C15H21NO5/c1-4-9(2)14(19)16-11(15(20)21-3)7-10-5-6-12(17)13(18)8-10/h5-6,8-9,11,17-18H,4,7H2,1-3H3,(H,16,19). The Kier molecular flexibility index (Phi) is 6.02. The van der Waals surface area contributed by atoms with Crippen molar-refractivity contribution in [2.75, 3.05) is 7.11 Å². The van der Waals surface area contributed by atoms with E-state index in [4.69, 9.17) is 0 Å². The molecule has 2 unspecified atom stereocenters. The molecule has 0 saturated heterocycles. The molecule has 0 aliphatic heterocycles. The molecule has 0 aromatic heterocycles. The lowest BCUT2D eigenvalue weighted by Gasteiger charge is -2.19. The SMILES string of the molecule is CCC(C)C(=O)NC(Cc1ccc(O)c(O)c1)C(=O)OC. The molecular weight excluding hydrogens is 274 g/mol. The van der Waals surface area contributed by atoms with Crippen molar-refractivity contribution in [2.45, 2.75) is 32.7 Å². The van der Waals surface area contributed by atoms with Crippen molar-refractivity contribution in [2.24, 2.45) is 5.92 Å². The molecule has 1 amide bonds. The minimum atomic E-state index is -0.833. The first-order valence-electron chi connectivity index (χ1n) is 6.78. The zero-order chi connectivity index (χ0) is 16.0. The highest BCUT2D eigenvalue weighted by molar-refractivity contribution is 5.85. The third kappa shape index (κ3) is 4.66. The average Bonchev–Trinajstić information content (AvgIpc) is 2.48. The van der Waals surface area contributed by atoms with Gasteiger partial charge in [0.15, 0.2) is 11.5 Å². The van der Waals surface area contributed by atoms with Gasteiger partial charge >= 0.3 is 5.97 Å². The summed E-state index contributed by atoms with van der Waals surface area (Å²) in [6.45, 7) is 3.66. The number of hydrogen-bond acceptors (Lipinski definition) is 5. The Hall–Kier alpha value is -2.24. The molecule has 0 fully saturated rings. The molecule has 0 spiro atoms. The summed E-state index contributed by atoms with van der Waals surface area (Å²) in [5.74, 6) is -1.50. The highest BCUT2D eigenvalue weighted by atomic mass is 16.5. The first kappa shape index (κ1) is 16.8. The van der Waals surface area contributed by atoms with Crippen molar-refractivity contribution >= 4 is 11.9 Å². The minimum absolute atomic E-state index is 0.169. The van der Waals surface area contributed by atoms with Gasteiger partial charge in [-0.15, -0.1) is 0 Å². The van der Waals surface area contributed by atoms with Crippen LogP contribution in [0.1, 0.15) is 25.8 Å². The maximum atomic E-state index is 11.9. The summed E-state index contributed by atoms with van der Waals surface area (Å²) in [6.07, 6.45) is 0.836. The van der Waals surface area contributed by atoms with Gasteiger partial charge in [-0.2, -0.15) is 0 Å². The monoisotopic (exact) mass is 295 g/mol. The fraction of sp³-hybridized carbons (Fsp3) is 0.467. The van der Waals surface area contributed by atoms with Gasteiger partial charge in [0.05, 0.1) is 7.11 Å². The number of amides is 1. The highest BCUT2D eigenvalue weighted by Gasteiger charge is 2.24. The molecule has 6 nitrogen and oxygen atoms in total. The molecule has 0 aliphatic rings. The van der Waals surface area contributed by atoms with Gasteiger partial charge in [-0.3, -0.25) is 4.79 Å². The number of aromatic hydroxyl groups is 2. The lowest BCUT2D eigenvalue weighted by atomic mass is 10.0. The summed E-state index contributed by atoms with van der Waals surface area (Å²) in [4.78, 5) is 23.7. The van der Waals surface area contributed by atoms with E-state index in [0.29, 0.717) is 12.0 Å². The van der Waals surface area contributed by atoms with E-state index in [2.05, 4.69) is 10.1 Å². The van der Waals surface area contributed by atoms with Gasteiger partial charge in [0.2, 0.25) is 5.91 Å². The first-order chi connectivity index (χ1) is 9.88. The zero-order valence-corrected chi connectivity index (χ0v) is 12.4. The van der Waals surface area contributed by atoms with Crippen LogP contribution in [0.4, 0.5) is 0 Å². The summed E-state index contributed by atoms with van der Waals surface area (Å²) in [5, 5.41) is 21.4. The number of carbonyl (C=O) groups excluding carboxylic acids is 2. The van der Waals surface area contributed by atoms with Crippen LogP contribution in [-0.4, -0.2) is 35.2 Å². The Bertz CT molecular complexity index is 515. The summed E-state index contributed by atoms with van der Waals surface area (Å²) in [5.41, 5.74) is 0.602. The third-order valence-electron chi connectivity index (χ3n) is 3.34. The molecule has 1 aromatic carbocycles. The van der Waals surface area contributed by atoms with Crippen molar-refractivity contribution < 1.29 is 24.5 Å². The van der Waals surface area contributed by atoms with Gasteiger partial charge in [-0.1, -0.05) is 19.9 Å². The van der Waals surface area contributed by atoms with Crippen molar-refractivity contribution in [3.8, 4) is 11.5 Å². The number of phenols is 2. The Morgan fingerprint density at radius 3 is 2.48 bits per heavy atom. The number of rotatable bonds is 6. The predicted octanol–water partition coefficient (Wildman–Crippen LogP) is 1.34. The molecule has 6 heteroatoms. The van der Waals surface area contributed by atoms with E-state index >= 15 is 0 Å². The molecule has 0 heterocycles. The maximum absolute atomic E-state index is 11.9. The number of phenolic OH excluding ortho intramolecular Hbond substituents is 2. The van der Waals surface area contributed by atoms with Crippen molar-refractivity contribution in [3.05, 3.63) is 23.8 Å². The molecule has 21 heavy (non-hydrogen) atoms. The van der Waals surface area contributed by atoms with E-state index in [0.717, 1.165) is 0 Å². The number of benzene rings is 1. The Morgan fingerprint density at radius 1 is 1.29 bits per heavy atom. The van der Waals surface area contributed by atoms with E-state index < -0.39 is 12.0 Å². The van der Waals surface area contributed by atoms with E-state index in [1.165, 1.54) is 19.2 Å². The van der Waals surface area contributed by atoms with Crippen LogP contribution in [0.15, 0.2) is 18.2 Å². The molecule has 0 saturated carbocycles. The van der Waals surface area contributed by atoms with Crippen molar-refractivity contribution in [1.82, 2.24) is 5.32 Å². The second kappa shape index (κ2) is 7.52. The number of esters is 1. The number of methoxy groups -OCH3 is 1. The number of nitrogens with one attached hydrogen (secondary N) is 1. The number of ether oxygens (including phenoxy) is 1. The smallest absolute Gasteiger partial charge is 0.328 e. The molecule has 0 aliphatic carbocycles. The fourth-order valence-electron chi connectivity index (χ4n) is 1.77.